The van der Waals surface area contributed by atoms with Gasteiger partial charge in [0, 0.05) is 13.1 Å². The lowest BCUT2D eigenvalue weighted by Crippen LogP contribution is -2.31. The zero-order valence-electron chi connectivity index (χ0n) is 12.8. The quantitative estimate of drug-likeness (QED) is 0.867. The molecule has 0 saturated carbocycles. The number of methoxy groups -OCH3 is 1. The third kappa shape index (κ3) is 3.44. The monoisotopic (exact) mass is 278 g/mol. The number of rotatable bonds is 6. The molecular weight excluding hydrogens is 252 g/mol. The summed E-state index contributed by atoms with van der Waals surface area (Å²) in [4.78, 5) is 2.46. The predicted octanol–water partition coefficient (Wildman–Crippen LogP) is 2.26. The highest BCUT2D eigenvalue weighted by Gasteiger charge is 2.32. The molecule has 4 heteroatoms. The van der Waals surface area contributed by atoms with Crippen LogP contribution in [-0.2, 0) is 6.54 Å². The molecule has 1 fully saturated rings. The van der Waals surface area contributed by atoms with Crippen molar-refractivity contribution in [3.8, 4) is 11.5 Å². The van der Waals surface area contributed by atoms with Gasteiger partial charge in [-0.25, -0.2) is 0 Å². The summed E-state index contributed by atoms with van der Waals surface area (Å²) in [5.74, 6) is 1.62. The number of nitrogens with zero attached hydrogens (tertiary/aromatic N) is 1. The van der Waals surface area contributed by atoms with Gasteiger partial charge >= 0.3 is 0 Å². The first-order valence-corrected chi connectivity index (χ1v) is 7.32. The van der Waals surface area contributed by atoms with E-state index in [-0.39, 0.29) is 5.41 Å². The predicted molar refractivity (Wildman–Crippen MR) is 81.2 cm³/mol. The third-order valence-corrected chi connectivity index (χ3v) is 4.06. The average molecular weight is 278 g/mol. The molecule has 2 N–H and O–H groups in total. The fraction of sp³-hybridized carbons (Fsp3) is 0.625. The van der Waals surface area contributed by atoms with Crippen molar-refractivity contribution in [3.63, 3.8) is 0 Å². The molecule has 1 heterocycles. The van der Waals surface area contributed by atoms with Crippen LogP contribution in [0.2, 0.25) is 0 Å². The fourth-order valence-electron chi connectivity index (χ4n) is 2.77. The molecule has 1 aliphatic rings. The van der Waals surface area contributed by atoms with Crippen LogP contribution in [0.3, 0.4) is 0 Å². The van der Waals surface area contributed by atoms with Gasteiger partial charge in [-0.1, -0.05) is 13.0 Å². The number of nitrogens with two attached hydrogens (primary N) is 1. The fourth-order valence-corrected chi connectivity index (χ4v) is 2.77. The molecule has 0 amide bonds. The molecule has 1 atom stereocenters. The first-order chi connectivity index (χ1) is 9.60. The van der Waals surface area contributed by atoms with E-state index in [1.54, 1.807) is 7.11 Å². The lowest BCUT2D eigenvalue weighted by atomic mass is 9.90. The minimum atomic E-state index is 0.273. The molecule has 1 unspecified atom stereocenters. The van der Waals surface area contributed by atoms with Crippen LogP contribution in [0.1, 0.15) is 25.8 Å². The summed E-state index contributed by atoms with van der Waals surface area (Å²) in [5, 5.41) is 0. The highest BCUT2D eigenvalue weighted by Crippen LogP contribution is 2.32. The Morgan fingerprint density at radius 3 is 2.75 bits per heavy atom. The number of benzene rings is 1. The van der Waals surface area contributed by atoms with E-state index >= 15 is 0 Å². The standard InChI is InChI=1S/C16H26N2O2/c1-4-20-14-6-5-13(9-15(14)19-3)10-18-8-7-16(2,11-17)12-18/h5-6,9H,4,7-8,10-12,17H2,1-3H3. The Bertz CT molecular complexity index is 450. The molecule has 1 aromatic rings. The van der Waals surface area contributed by atoms with Crippen LogP contribution in [0.25, 0.3) is 0 Å². The summed E-state index contributed by atoms with van der Waals surface area (Å²) in [6.45, 7) is 8.78. The molecule has 2 rings (SSSR count). The second-order valence-corrected chi connectivity index (χ2v) is 5.89. The summed E-state index contributed by atoms with van der Waals surface area (Å²) < 4.78 is 10.9. The van der Waals surface area contributed by atoms with Crippen molar-refractivity contribution >= 4 is 0 Å². The van der Waals surface area contributed by atoms with Crippen molar-refractivity contribution in [1.82, 2.24) is 4.90 Å². The van der Waals surface area contributed by atoms with Crippen LogP contribution < -0.4 is 15.2 Å². The van der Waals surface area contributed by atoms with Gasteiger partial charge in [-0.2, -0.15) is 0 Å². The van der Waals surface area contributed by atoms with E-state index in [1.807, 2.05) is 13.0 Å². The van der Waals surface area contributed by atoms with E-state index in [4.69, 9.17) is 15.2 Å². The SMILES string of the molecule is CCOc1ccc(CN2CCC(C)(CN)C2)cc1OC. The maximum absolute atomic E-state index is 5.86. The number of likely N-dealkylation sites (tertiary alicyclic amines) is 1. The Kier molecular flexibility index (Phi) is 4.89. The van der Waals surface area contributed by atoms with Gasteiger partial charge in [0.15, 0.2) is 11.5 Å². The summed E-state index contributed by atoms with van der Waals surface area (Å²) in [5.41, 5.74) is 7.39. The summed E-state index contributed by atoms with van der Waals surface area (Å²) in [6, 6.07) is 6.19. The van der Waals surface area contributed by atoms with Crippen molar-refractivity contribution in [2.24, 2.45) is 11.1 Å². The summed E-state index contributed by atoms with van der Waals surface area (Å²) >= 11 is 0. The minimum absolute atomic E-state index is 0.273. The Hall–Kier alpha value is -1.26. The first kappa shape index (κ1) is 15.1. The van der Waals surface area contributed by atoms with Gasteiger partial charge in [-0.05, 0) is 49.5 Å². The number of hydrogen-bond acceptors (Lipinski definition) is 4. The molecule has 0 spiro atoms. The number of hydrogen-bond donors (Lipinski definition) is 1. The van der Waals surface area contributed by atoms with Crippen molar-refractivity contribution in [2.75, 3.05) is 33.4 Å². The average Bonchev–Trinajstić information content (AvgIpc) is 2.83. The van der Waals surface area contributed by atoms with E-state index in [0.29, 0.717) is 6.61 Å². The van der Waals surface area contributed by atoms with Gasteiger partial charge in [-0.3, -0.25) is 4.90 Å². The van der Waals surface area contributed by atoms with Crippen molar-refractivity contribution in [3.05, 3.63) is 23.8 Å². The van der Waals surface area contributed by atoms with Crippen LogP contribution in [0.5, 0.6) is 11.5 Å². The van der Waals surface area contributed by atoms with Gasteiger partial charge in [0.05, 0.1) is 13.7 Å². The maximum Gasteiger partial charge on any atom is 0.161 e. The topological polar surface area (TPSA) is 47.7 Å². The molecule has 1 saturated heterocycles. The van der Waals surface area contributed by atoms with Crippen LogP contribution >= 0.6 is 0 Å². The molecule has 0 aliphatic carbocycles. The molecule has 0 radical (unpaired) electrons. The van der Waals surface area contributed by atoms with E-state index < -0.39 is 0 Å². The van der Waals surface area contributed by atoms with Crippen LogP contribution in [0.4, 0.5) is 0 Å². The first-order valence-electron chi connectivity index (χ1n) is 7.32. The van der Waals surface area contributed by atoms with Gasteiger partial charge in [0.25, 0.3) is 0 Å². The molecule has 0 bridgehead atoms. The Balaban J connectivity index is 2.03. The lowest BCUT2D eigenvalue weighted by Gasteiger charge is -2.22. The summed E-state index contributed by atoms with van der Waals surface area (Å²) in [6.07, 6.45) is 1.18. The van der Waals surface area contributed by atoms with Gasteiger partial charge in [0.2, 0.25) is 0 Å². The van der Waals surface area contributed by atoms with E-state index in [9.17, 15) is 0 Å². The van der Waals surface area contributed by atoms with Crippen LogP contribution in [0, 0.1) is 5.41 Å². The smallest absolute Gasteiger partial charge is 0.161 e. The number of ether oxygens (including phenoxy) is 2. The molecule has 0 aromatic heterocycles. The second-order valence-electron chi connectivity index (χ2n) is 5.89. The lowest BCUT2D eigenvalue weighted by molar-refractivity contribution is 0.273. The molecule has 1 aliphatic heterocycles. The van der Waals surface area contributed by atoms with Crippen molar-refractivity contribution in [1.29, 1.82) is 0 Å². The molecule has 20 heavy (non-hydrogen) atoms. The van der Waals surface area contributed by atoms with Gasteiger partial charge < -0.3 is 15.2 Å². The second kappa shape index (κ2) is 6.46. The molecule has 4 nitrogen and oxygen atoms in total. The maximum atomic E-state index is 5.86. The van der Waals surface area contributed by atoms with Crippen molar-refractivity contribution < 1.29 is 9.47 Å². The molecule has 1 aromatic carbocycles. The van der Waals surface area contributed by atoms with Gasteiger partial charge in [-0.15, -0.1) is 0 Å². The molecular formula is C16H26N2O2. The zero-order chi connectivity index (χ0) is 14.6. The Labute approximate surface area is 121 Å². The van der Waals surface area contributed by atoms with Gasteiger partial charge in [0.1, 0.15) is 0 Å². The summed E-state index contributed by atoms with van der Waals surface area (Å²) in [7, 11) is 1.68. The molecule has 112 valence electrons. The Morgan fingerprint density at radius 1 is 1.35 bits per heavy atom. The van der Waals surface area contributed by atoms with E-state index in [1.165, 1.54) is 12.0 Å². The zero-order valence-corrected chi connectivity index (χ0v) is 12.8. The minimum Gasteiger partial charge on any atom is -0.493 e. The highest BCUT2D eigenvalue weighted by atomic mass is 16.5. The van der Waals surface area contributed by atoms with Crippen LogP contribution in [0.15, 0.2) is 18.2 Å². The Morgan fingerprint density at radius 2 is 2.15 bits per heavy atom. The van der Waals surface area contributed by atoms with Crippen LogP contribution in [-0.4, -0.2) is 38.3 Å². The largest absolute Gasteiger partial charge is 0.493 e. The normalized spacial score (nSPS) is 23.0. The third-order valence-electron chi connectivity index (χ3n) is 4.06. The van der Waals surface area contributed by atoms with E-state index in [0.717, 1.165) is 37.7 Å². The highest BCUT2D eigenvalue weighted by molar-refractivity contribution is 5.43. The van der Waals surface area contributed by atoms with Crippen molar-refractivity contribution in [2.45, 2.75) is 26.8 Å². The van der Waals surface area contributed by atoms with E-state index in [2.05, 4.69) is 24.0 Å².